The molecule has 3 heterocycles. The van der Waals surface area contributed by atoms with E-state index in [1.165, 1.54) is 0 Å². The highest BCUT2D eigenvalue weighted by molar-refractivity contribution is 5.93. The number of rotatable bonds is 6. The summed E-state index contributed by atoms with van der Waals surface area (Å²) < 4.78 is 7.48. The number of aromatic nitrogens is 2. The zero-order valence-electron chi connectivity index (χ0n) is 16.8. The van der Waals surface area contributed by atoms with Crippen LogP contribution in [-0.2, 0) is 14.3 Å². The highest BCUT2D eigenvalue weighted by Crippen LogP contribution is 2.33. The molecule has 0 aromatic carbocycles. The molecule has 1 N–H and O–H groups in total. The smallest absolute Gasteiger partial charge is 0.227 e. The van der Waals surface area contributed by atoms with Crippen LogP contribution in [-0.4, -0.2) is 76.8 Å². The van der Waals surface area contributed by atoms with Crippen LogP contribution in [0, 0.1) is 5.92 Å². The minimum Gasteiger partial charge on any atom is -0.383 e. The molecule has 3 fully saturated rings. The summed E-state index contributed by atoms with van der Waals surface area (Å²) in [6.45, 7) is 4.95. The van der Waals surface area contributed by atoms with Gasteiger partial charge in [0.15, 0.2) is 0 Å². The van der Waals surface area contributed by atoms with E-state index in [2.05, 4.69) is 15.3 Å². The number of piperidine rings is 1. The molecular weight excluding hydrogens is 358 g/mol. The molecule has 1 saturated carbocycles. The predicted octanol–water partition coefficient (Wildman–Crippen LogP) is 1.50. The van der Waals surface area contributed by atoms with Gasteiger partial charge in [-0.05, 0) is 32.1 Å². The topological polar surface area (TPSA) is 79.7 Å². The van der Waals surface area contributed by atoms with E-state index in [0.29, 0.717) is 18.7 Å². The quantitative estimate of drug-likeness (QED) is 0.798. The molecule has 3 aliphatic rings. The molecule has 1 aromatic heterocycles. The van der Waals surface area contributed by atoms with Crippen LogP contribution >= 0.6 is 0 Å². The van der Waals surface area contributed by atoms with Crippen molar-refractivity contribution < 1.29 is 14.3 Å². The van der Waals surface area contributed by atoms with Gasteiger partial charge in [0.2, 0.25) is 11.8 Å². The summed E-state index contributed by atoms with van der Waals surface area (Å²) in [5, 5.41) is 7.50. The Morgan fingerprint density at radius 2 is 1.96 bits per heavy atom. The van der Waals surface area contributed by atoms with Gasteiger partial charge in [0.25, 0.3) is 0 Å². The van der Waals surface area contributed by atoms with Gasteiger partial charge in [0.1, 0.15) is 0 Å². The highest BCUT2D eigenvalue weighted by atomic mass is 16.5. The Morgan fingerprint density at radius 1 is 1.21 bits per heavy atom. The second kappa shape index (κ2) is 8.21. The lowest BCUT2D eigenvalue weighted by atomic mass is 10.0. The summed E-state index contributed by atoms with van der Waals surface area (Å²) in [6, 6.07) is 1.11. The van der Waals surface area contributed by atoms with Crippen LogP contribution in [0.5, 0.6) is 0 Å². The second-order valence-corrected chi connectivity index (χ2v) is 8.41. The van der Waals surface area contributed by atoms with Gasteiger partial charge in [-0.1, -0.05) is 0 Å². The Labute approximate surface area is 166 Å². The molecule has 154 valence electrons. The maximum absolute atomic E-state index is 12.0. The number of hydrogen-bond acceptors (Lipinski definition) is 5. The van der Waals surface area contributed by atoms with Gasteiger partial charge in [0.05, 0.1) is 24.5 Å². The van der Waals surface area contributed by atoms with E-state index in [4.69, 9.17) is 4.74 Å². The minimum absolute atomic E-state index is 0.113. The van der Waals surface area contributed by atoms with Gasteiger partial charge in [-0.3, -0.25) is 19.2 Å². The lowest BCUT2D eigenvalue weighted by molar-refractivity contribution is -0.130. The van der Waals surface area contributed by atoms with Crippen LogP contribution in [0.15, 0.2) is 12.4 Å². The molecule has 1 aromatic rings. The van der Waals surface area contributed by atoms with Crippen molar-refractivity contribution in [3.05, 3.63) is 12.4 Å². The molecule has 8 nitrogen and oxygen atoms in total. The second-order valence-electron chi connectivity index (χ2n) is 8.41. The van der Waals surface area contributed by atoms with E-state index < -0.39 is 0 Å². The van der Waals surface area contributed by atoms with Crippen molar-refractivity contribution in [1.82, 2.24) is 19.6 Å². The number of hydrogen-bond donors (Lipinski definition) is 1. The lowest BCUT2D eigenvalue weighted by Crippen LogP contribution is -2.48. The zero-order valence-corrected chi connectivity index (χ0v) is 16.8. The summed E-state index contributed by atoms with van der Waals surface area (Å²) in [5.74, 6) is 0.475. The van der Waals surface area contributed by atoms with E-state index in [-0.39, 0.29) is 23.8 Å². The molecule has 0 spiro atoms. The fraction of sp³-hybridized carbons (Fsp3) is 0.750. The first-order valence-electron chi connectivity index (χ1n) is 10.4. The predicted molar refractivity (Wildman–Crippen MR) is 105 cm³/mol. The largest absolute Gasteiger partial charge is 0.383 e. The third-order valence-electron chi connectivity index (χ3n) is 6.36. The first kappa shape index (κ1) is 19.4. The molecule has 2 aliphatic heterocycles. The van der Waals surface area contributed by atoms with Gasteiger partial charge in [0, 0.05) is 57.9 Å². The average Bonchev–Trinajstić information content (AvgIpc) is 3.31. The van der Waals surface area contributed by atoms with Gasteiger partial charge < -0.3 is 15.0 Å². The molecule has 2 atom stereocenters. The molecule has 2 amide bonds. The molecule has 0 radical (unpaired) electrons. The van der Waals surface area contributed by atoms with Gasteiger partial charge >= 0.3 is 0 Å². The molecule has 1 aliphatic carbocycles. The Morgan fingerprint density at radius 3 is 2.61 bits per heavy atom. The molecule has 0 unspecified atom stereocenters. The Hall–Kier alpha value is -1.93. The van der Waals surface area contributed by atoms with Crippen molar-refractivity contribution in [2.45, 2.75) is 57.2 Å². The van der Waals surface area contributed by atoms with E-state index in [0.717, 1.165) is 57.4 Å². The van der Waals surface area contributed by atoms with E-state index >= 15 is 0 Å². The maximum Gasteiger partial charge on any atom is 0.227 e. The van der Waals surface area contributed by atoms with Crippen molar-refractivity contribution in [3.63, 3.8) is 0 Å². The Balaban J connectivity index is 1.39. The van der Waals surface area contributed by atoms with Gasteiger partial charge in [-0.15, -0.1) is 0 Å². The summed E-state index contributed by atoms with van der Waals surface area (Å²) in [7, 11) is 1.75. The van der Waals surface area contributed by atoms with E-state index in [9.17, 15) is 9.59 Å². The summed E-state index contributed by atoms with van der Waals surface area (Å²) >= 11 is 0. The number of nitrogens with one attached hydrogen (secondary N) is 1. The van der Waals surface area contributed by atoms with E-state index in [1.807, 2.05) is 15.8 Å². The lowest BCUT2D eigenvalue weighted by Gasteiger charge is -2.39. The molecule has 2 saturated heterocycles. The van der Waals surface area contributed by atoms with E-state index in [1.54, 1.807) is 20.2 Å². The fourth-order valence-electron chi connectivity index (χ4n) is 4.62. The third kappa shape index (κ3) is 4.22. The minimum atomic E-state index is 0.113. The monoisotopic (exact) mass is 389 g/mol. The number of carbonyl (C=O) groups is 2. The molecular formula is C20H31N5O3. The maximum atomic E-state index is 12.0. The highest BCUT2D eigenvalue weighted by Gasteiger charge is 2.39. The summed E-state index contributed by atoms with van der Waals surface area (Å²) in [5.41, 5.74) is 0.786. The number of ether oxygens (including phenoxy) is 1. The SMILES string of the molecule is COC[C@@H]1C[C@H](n2cc(NC(=O)C3CC3)cn2)CN1C1CCN(C(C)=O)CC1. The van der Waals surface area contributed by atoms with Crippen LogP contribution in [0.1, 0.15) is 45.1 Å². The van der Waals surface area contributed by atoms with Crippen molar-refractivity contribution >= 4 is 17.5 Å². The molecule has 0 bridgehead atoms. The number of likely N-dealkylation sites (tertiary alicyclic amines) is 2. The van der Waals surface area contributed by atoms with Crippen molar-refractivity contribution in [2.75, 3.05) is 38.7 Å². The summed E-state index contributed by atoms with van der Waals surface area (Å²) in [6.07, 6.45) is 8.70. The van der Waals surface area contributed by atoms with Crippen LogP contribution < -0.4 is 5.32 Å². The number of carbonyl (C=O) groups excluding carboxylic acids is 2. The Kier molecular flexibility index (Phi) is 5.68. The molecule has 28 heavy (non-hydrogen) atoms. The van der Waals surface area contributed by atoms with Gasteiger partial charge in [-0.25, -0.2) is 0 Å². The average molecular weight is 390 g/mol. The van der Waals surface area contributed by atoms with Crippen LogP contribution in [0.25, 0.3) is 0 Å². The van der Waals surface area contributed by atoms with Crippen LogP contribution in [0.4, 0.5) is 5.69 Å². The van der Waals surface area contributed by atoms with Crippen LogP contribution in [0.3, 0.4) is 0 Å². The summed E-state index contributed by atoms with van der Waals surface area (Å²) in [4.78, 5) is 28.1. The van der Waals surface area contributed by atoms with Gasteiger partial charge in [-0.2, -0.15) is 5.10 Å². The third-order valence-corrected chi connectivity index (χ3v) is 6.36. The van der Waals surface area contributed by atoms with Crippen molar-refractivity contribution in [3.8, 4) is 0 Å². The first-order valence-corrected chi connectivity index (χ1v) is 10.4. The van der Waals surface area contributed by atoms with Crippen molar-refractivity contribution in [1.29, 1.82) is 0 Å². The Bertz CT molecular complexity index is 708. The number of amides is 2. The number of nitrogens with zero attached hydrogens (tertiary/aromatic N) is 4. The standard InChI is InChI=1S/C20H31N5O3/c1-14(26)23-7-5-17(6-8-23)24-12-18(9-19(24)13-28-2)25-11-16(10-21-25)22-20(27)15-3-4-15/h10-11,15,17-19H,3-9,12-13H2,1-2H3,(H,22,27)/t18-,19-/m0/s1. The normalized spacial score (nSPS) is 26.6. The molecule has 4 rings (SSSR count). The fourth-order valence-corrected chi connectivity index (χ4v) is 4.62. The first-order chi connectivity index (χ1) is 13.5. The zero-order chi connectivity index (χ0) is 19.7. The number of methoxy groups -OCH3 is 1. The molecule has 8 heteroatoms. The number of anilines is 1. The van der Waals surface area contributed by atoms with Crippen molar-refractivity contribution in [2.24, 2.45) is 5.92 Å². The van der Waals surface area contributed by atoms with Crippen LogP contribution in [0.2, 0.25) is 0 Å².